The van der Waals surface area contributed by atoms with Gasteiger partial charge in [-0.1, -0.05) is 13.3 Å². The molecule has 0 aliphatic carbocycles. The number of nitrogens with one attached hydrogen (secondary N) is 1. The van der Waals surface area contributed by atoms with Crippen LogP contribution in [-0.4, -0.2) is 38.4 Å². The lowest BCUT2D eigenvalue weighted by atomic mass is 10.1. The van der Waals surface area contributed by atoms with E-state index in [4.69, 9.17) is 0 Å². The van der Waals surface area contributed by atoms with E-state index in [1.165, 1.54) is 24.2 Å². The first-order valence-electron chi connectivity index (χ1n) is 7.02. The first-order chi connectivity index (χ1) is 9.55. The number of halogens is 1. The fraction of sp³-hybridized carbons (Fsp3) is 0.692. The van der Waals surface area contributed by atoms with Gasteiger partial charge in [0.2, 0.25) is 0 Å². The molecule has 0 radical (unpaired) electrons. The van der Waals surface area contributed by atoms with Crippen LogP contribution >= 0.6 is 27.3 Å². The summed E-state index contributed by atoms with van der Waals surface area (Å²) < 4.78 is 28.2. The van der Waals surface area contributed by atoms with Gasteiger partial charge in [0.05, 0.1) is 0 Å². The van der Waals surface area contributed by atoms with Crippen molar-refractivity contribution in [3.63, 3.8) is 0 Å². The monoisotopic (exact) mass is 380 g/mol. The summed E-state index contributed by atoms with van der Waals surface area (Å²) in [7, 11) is -3.38. The lowest BCUT2D eigenvalue weighted by molar-refractivity contribution is 0.313. The normalized spacial score (nSPS) is 20.4. The molecule has 0 spiro atoms. The van der Waals surface area contributed by atoms with Crippen molar-refractivity contribution >= 4 is 37.3 Å². The molecule has 1 fully saturated rings. The largest absolute Gasteiger partial charge is 0.313 e. The minimum absolute atomic E-state index is 0.281. The molecule has 2 heterocycles. The first kappa shape index (κ1) is 16.4. The first-order valence-corrected chi connectivity index (χ1v) is 10.1. The predicted octanol–water partition coefficient (Wildman–Crippen LogP) is 3.05. The molecular formula is C13H21BrN2O2S2. The molecule has 1 aliphatic heterocycles. The molecule has 0 bridgehead atoms. The Morgan fingerprint density at radius 1 is 1.50 bits per heavy atom. The average molecular weight is 381 g/mol. The molecule has 1 aliphatic rings. The summed E-state index contributed by atoms with van der Waals surface area (Å²) >= 11 is 4.61. The molecule has 114 valence electrons. The van der Waals surface area contributed by atoms with Gasteiger partial charge in [0.15, 0.2) is 0 Å². The third-order valence-corrected chi connectivity index (χ3v) is 7.98. The van der Waals surface area contributed by atoms with E-state index in [1.54, 1.807) is 15.8 Å². The van der Waals surface area contributed by atoms with Crippen LogP contribution in [0.2, 0.25) is 0 Å². The van der Waals surface area contributed by atoms with Gasteiger partial charge >= 0.3 is 0 Å². The molecule has 0 saturated carbocycles. The van der Waals surface area contributed by atoms with Gasteiger partial charge in [-0.2, -0.15) is 4.31 Å². The van der Waals surface area contributed by atoms with Gasteiger partial charge < -0.3 is 5.32 Å². The maximum absolute atomic E-state index is 12.8. The summed E-state index contributed by atoms with van der Waals surface area (Å²) in [5.41, 5.74) is 0. The van der Waals surface area contributed by atoms with Crippen molar-refractivity contribution in [1.29, 1.82) is 0 Å². The summed E-state index contributed by atoms with van der Waals surface area (Å²) in [6.45, 7) is 4.15. The number of nitrogens with zero attached hydrogens (tertiary/aromatic N) is 1. The van der Waals surface area contributed by atoms with E-state index >= 15 is 0 Å². The molecule has 4 nitrogen and oxygen atoms in total. The zero-order chi connectivity index (χ0) is 14.6. The van der Waals surface area contributed by atoms with Crippen LogP contribution in [0.25, 0.3) is 0 Å². The molecule has 1 saturated heterocycles. The van der Waals surface area contributed by atoms with Crippen molar-refractivity contribution in [1.82, 2.24) is 9.62 Å². The van der Waals surface area contributed by atoms with Crippen molar-refractivity contribution in [2.45, 2.75) is 42.9 Å². The van der Waals surface area contributed by atoms with Crippen molar-refractivity contribution < 1.29 is 8.42 Å². The van der Waals surface area contributed by atoms with Gasteiger partial charge in [0.1, 0.15) is 4.21 Å². The third-order valence-electron chi connectivity index (χ3n) is 3.47. The molecule has 1 aromatic heterocycles. The van der Waals surface area contributed by atoms with Crippen LogP contribution in [0.15, 0.2) is 20.1 Å². The highest BCUT2D eigenvalue weighted by Gasteiger charge is 2.29. The molecule has 0 amide bonds. The summed E-state index contributed by atoms with van der Waals surface area (Å²) in [6, 6.07) is 2.07. The fourth-order valence-electron chi connectivity index (χ4n) is 2.47. The molecule has 1 unspecified atom stereocenters. The Kier molecular flexibility index (Phi) is 6.04. The number of hydrogen-bond acceptors (Lipinski definition) is 4. The van der Waals surface area contributed by atoms with Gasteiger partial charge in [-0.3, -0.25) is 0 Å². The van der Waals surface area contributed by atoms with Crippen LogP contribution in [0.4, 0.5) is 0 Å². The second-order valence-corrected chi connectivity index (χ2v) is 8.97. The zero-order valence-corrected chi connectivity index (χ0v) is 14.9. The van der Waals surface area contributed by atoms with Crippen LogP contribution < -0.4 is 5.32 Å². The summed E-state index contributed by atoms with van der Waals surface area (Å²) in [6.07, 6.45) is 4.25. The van der Waals surface area contributed by atoms with Gasteiger partial charge in [0.25, 0.3) is 10.0 Å². The maximum Gasteiger partial charge on any atom is 0.253 e. The molecule has 1 atom stereocenters. The van der Waals surface area contributed by atoms with Crippen LogP contribution in [0.1, 0.15) is 32.6 Å². The van der Waals surface area contributed by atoms with Gasteiger partial charge in [-0.25, -0.2) is 8.42 Å². The fourth-order valence-corrected chi connectivity index (χ4v) is 6.49. The van der Waals surface area contributed by atoms with E-state index in [9.17, 15) is 8.42 Å². The van der Waals surface area contributed by atoms with E-state index in [0.29, 0.717) is 21.8 Å². The van der Waals surface area contributed by atoms with Crippen molar-refractivity contribution in [3.05, 3.63) is 15.9 Å². The van der Waals surface area contributed by atoms with Crippen LogP contribution in [0, 0.1) is 0 Å². The lowest BCUT2D eigenvalue weighted by Gasteiger charge is -2.29. The minimum atomic E-state index is -3.38. The predicted molar refractivity (Wildman–Crippen MR) is 86.7 cm³/mol. The second-order valence-electron chi connectivity index (χ2n) is 5.07. The summed E-state index contributed by atoms with van der Waals surface area (Å²) in [5.74, 6) is 0. The number of thiophene rings is 1. The quantitative estimate of drug-likeness (QED) is 0.824. The average Bonchev–Trinajstić information content (AvgIpc) is 2.86. The Balaban J connectivity index is 2.16. The van der Waals surface area contributed by atoms with E-state index in [-0.39, 0.29) is 6.04 Å². The Bertz CT molecular complexity index is 524. The molecule has 7 heteroatoms. The zero-order valence-electron chi connectivity index (χ0n) is 11.6. The molecule has 1 N–H and O–H groups in total. The van der Waals surface area contributed by atoms with Gasteiger partial charge in [-0.05, 0) is 53.2 Å². The molecule has 2 rings (SSSR count). The Morgan fingerprint density at radius 2 is 2.30 bits per heavy atom. The Morgan fingerprint density at radius 3 is 2.85 bits per heavy atom. The highest BCUT2D eigenvalue weighted by molar-refractivity contribution is 9.10. The van der Waals surface area contributed by atoms with Crippen LogP contribution in [0.3, 0.4) is 0 Å². The van der Waals surface area contributed by atoms with E-state index in [1.807, 2.05) is 6.92 Å². The molecule has 20 heavy (non-hydrogen) atoms. The maximum atomic E-state index is 12.8. The van der Waals surface area contributed by atoms with E-state index < -0.39 is 10.0 Å². The number of hydrogen-bond donors (Lipinski definition) is 1. The van der Waals surface area contributed by atoms with Crippen molar-refractivity contribution in [3.8, 4) is 0 Å². The minimum Gasteiger partial charge on any atom is -0.313 e. The van der Waals surface area contributed by atoms with Gasteiger partial charge in [0, 0.05) is 23.6 Å². The Hall–Kier alpha value is 0.0500. The van der Waals surface area contributed by atoms with E-state index in [2.05, 4.69) is 21.2 Å². The highest BCUT2D eigenvalue weighted by atomic mass is 79.9. The van der Waals surface area contributed by atoms with E-state index in [0.717, 1.165) is 19.4 Å². The summed E-state index contributed by atoms with van der Waals surface area (Å²) in [5, 5.41) is 5.23. The van der Waals surface area contributed by atoms with Crippen LogP contribution in [0.5, 0.6) is 0 Å². The smallest absolute Gasteiger partial charge is 0.253 e. The van der Waals surface area contributed by atoms with Crippen molar-refractivity contribution in [2.24, 2.45) is 0 Å². The number of sulfonamides is 1. The lowest BCUT2D eigenvalue weighted by Crippen LogP contribution is -2.45. The van der Waals surface area contributed by atoms with Crippen molar-refractivity contribution in [2.75, 3.05) is 19.6 Å². The highest BCUT2D eigenvalue weighted by Crippen LogP contribution is 2.30. The van der Waals surface area contributed by atoms with Crippen LogP contribution in [-0.2, 0) is 10.0 Å². The molecular weight excluding hydrogens is 360 g/mol. The standard InChI is InChI=1S/C13H21BrN2O2S2/c1-2-8-16(10-11-5-3-4-7-15-11)20(17,18)13-12(14)6-9-19-13/h6,9,11,15H,2-5,7-8,10H2,1H3. The molecule has 1 aromatic rings. The second kappa shape index (κ2) is 7.35. The Labute approximate surface area is 133 Å². The number of rotatable bonds is 6. The third kappa shape index (κ3) is 3.82. The van der Waals surface area contributed by atoms with Gasteiger partial charge in [-0.15, -0.1) is 11.3 Å². The SMILES string of the molecule is CCCN(CC1CCCCN1)S(=O)(=O)c1sccc1Br. The summed E-state index contributed by atoms with van der Waals surface area (Å²) in [4.78, 5) is 0. The molecule has 0 aromatic carbocycles. The topological polar surface area (TPSA) is 49.4 Å². The number of piperidine rings is 1.